The van der Waals surface area contributed by atoms with Crippen molar-refractivity contribution in [3.05, 3.63) is 0 Å². The Balaban J connectivity index is 0.000000472. The highest BCUT2D eigenvalue weighted by Gasteiger charge is 2.79. The molecule has 372 valence electrons. The lowest BCUT2D eigenvalue weighted by atomic mass is 9.67. The minimum absolute atomic E-state index is 0.116. The highest BCUT2D eigenvalue weighted by Crippen LogP contribution is 2.62. The minimum atomic E-state index is -4.50. The molecule has 3 aliphatic rings. The second-order valence-corrected chi connectivity index (χ2v) is 20.3. The highest BCUT2D eigenvalue weighted by molar-refractivity contribution is 5.76. The third kappa shape index (κ3) is 11.7. The summed E-state index contributed by atoms with van der Waals surface area (Å²) >= 11 is 0. The third-order valence-corrected chi connectivity index (χ3v) is 11.4. The van der Waals surface area contributed by atoms with Gasteiger partial charge in [0.05, 0.1) is 0 Å². The van der Waals surface area contributed by atoms with Gasteiger partial charge in [-0.05, 0) is 114 Å². The van der Waals surface area contributed by atoms with Gasteiger partial charge in [0.25, 0.3) is 23.7 Å². The van der Waals surface area contributed by atoms with Crippen LogP contribution in [0.1, 0.15) is 142 Å². The number of hydrogen-bond donors (Lipinski definition) is 0. The first-order valence-corrected chi connectivity index (χ1v) is 20.5. The predicted molar refractivity (Wildman–Crippen MR) is 201 cm³/mol. The van der Waals surface area contributed by atoms with Gasteiger partial charge in [0, 0.05) is 25.7 Å². The molecular formula is C42H63F15O6. The van der Waals surface area contributed by atoms with Crippen LogP contribution in [-0.4, -0.2) is 87.3 Å². The van der Waals surface area contributed by atoms with E-state index in [0.29, 0.717) is 0 Å². The Morgan fingerprint density at radius 1 is 0.492 bits per heavy atom. The zero-order valence-corrected chi connectivity index (χ0v) is 38.3. The summed E-state index contributed by atoms with van der Waals surface area (Å²) in [6, 6.07) is 0. The van der Waals surface area contributed by atoms with Gasteiger partial charge in [-0.15, -0.1) is 0 Å². The number of rotatable bonds is 7. The van der Waals surface area contributed by atoms with E-state index < -0.39 is 142 Å². The molecule has 0 amide bonds. The third-order valence-electron chi connectivity index (χ3n) is 11.4. The molecule has 63 heavy (non-hydrogen) atoms. The summed E-state index contributed by atoms with van der Waals surface area (Å²) in [6.07, 6.45) is -3.26. The molecule has 0 bridgehead atoms. The van der Waals surface area contributed by atoms with Crippen LogP contribution in [0.5, 0.6) is 0 Å². The molecule has 6 nitrogen and oxygen atoms in total. The van der Waals surface area contributed by atoms with Crippen LogP contribution in [0.2, 0.25) is 0 Å². The van der Waals surface area contributed by atoms with Gasteiger partial charge in [-0.1, -0.05) is 20.8 Å². The van der Waals surface area contributed by atoms with Crippen molar-refractivity contribution in [1.29, 1.82) is 0 Å². The van der Waals surface area contributed by atoms with Crippen molar-refractivity contribution in [3.8, 4) is 0 Å². The topological polar surface area (TPSA) is 78.9 Å². The molecule has 9 unspecified atom stereocenters. The van der Waals surface area contributed by atoms with Gasteiger partial charge in [-0.3, -0.25) is 14.4 Å². The number of hydrogen-bond acceptors (Lipinski definition) is 6. The number of carbonyl (C=O) groups is 3. The SMILES string of the molecule is CC1CC(C(=O)OC(C)(C)C)C(F)(F)C(F)(C(C)(F)F)C1.CCC1CC(C(=O)OC(C)(C)C)C(F)(F)C(C)(F)C1(F)F.CCC1CC(C(=O)OC(C)(C)C)C(F)(F)C1(F)C(C)(F)F. The molecule has 3 aliphatic carbocycles. The maximum atomic E-state index is 14.6. The van der Waals surface area contributed by atoms with Gasteiger partial charge >= 0.3 is 29.8 Å². The summed E-state index contributed by atoms with van der Waals surface area (Å²) in [5.41, 5.74) is -15.4. The van der Waals surface area contributed by atoms with E-state index in [0.717, 1.165) is 0 Å². The molecule has 0 aromatic heterocycles. The standard InChI is InChI=1S/3C14H21F5O2/c1-8-6-9(10(20)21-11(2,3)4)14(18,19)13(17,7-8)12(5,15)16;1-6-8-7-9(10(20)21-11(2,3)4)14(18,19)13(8,17)12(5,15)16;1-6-8-7-9(10(20)21-11(2,3)4)14(18,19)12(5,15)13(8,16)17/h3*8-9H,6-7H2,1-5H3. The number of alkyl halides is 15. The van der Waals surface area contributed by atoms with Crippen molar-refractivity contribution < 1.29 is 94.5 Å². The Hall–Kier alpha value is -2.64. The Labute approximate surface area is 359 Å². The second kappa shape index (κ2) is 18.2. The van der Waals surface area contributed by atoms with Gasteiger partial charge in [0.2, 0.25) is 17.0 Å². The molecule has 0 spiro atoms. The maximum Gasteiger partial charge on any atom is 0.315 e. The van der Waals surface area contributed by atoms with Gasteiger partial charge < -0.3 is 14.2 Å². The van der Waals surface area contributed by atoms with Crippen LogP contribution in [0.4, 0.5) is 65.9 Å². The van der Waals surface area contributed by atoms with E-state index >= 15 is 0 Å². The quantitative estimate of drug-likeness (QED) is 0.144. The Morgan fingerprint density at radius 3 is 1.10 bits per heavy atom. The van der Waals surface area contributed by atoms with E-state index in [1.165, 1.54) is 83.1 Å². The van der Waals surface area contributed by atoms with Crippen LogP contribution in [0, 0.1) is 35.5 Å². The lowest BCUT2D eigenvalue weighted by molar-refractivity contribution is -0.306. The van der Waals surface area contributed by atoms with Crippen molar-refractivity contribution in [2.75, 3.05) is 0 Å². The molecule has 21 heteroatoms. The molecular weight excluding hydrogens is 885 g/mol. The normalized spacial score (nSPS) is 34.0. The first-order chi connectivity index (χ1) is 27.5. The molecule has 3 saturated carbocycles. The van der Waals surface area contributed by atoms with Crippen LogP contribution in [0.25, 0.3) is 0 Å². The molecule has 0 N–H and O–H groups in total. The van der Waals surface area contributed by atoms with Gasteiger partial charge in [-0.2, -0.15) is 0 Å². The fourth-order valence-electron chi connectivity index (χ4n) is 8.01. The summed E-state index contributed by atoms with van der Waals surface area (Å²) in [6.45, 7) is 17.6. The maximum absolute atomic E-state index is 14.6. The first kappa shape index (κ1) is 58.4. The smallest absolute Gasteiger partial charge is 0.315 e. The Morgan fingerprint density at radius 2 is 0.810 bits per heavy atom. The average Bonchev–Trinajstić information content (AvgIpc) is 3.25. The lowest BCUT2D eigenvalue weighted by Crippen LogP contribution is -2.67. The Kier molecular flexibility index (Phi) is 16.9. The largest absolute Gasteiger partial charge is 0.460 e. The van der Waals surface area contributed by atoms with E-state index in [1.54, 1.807) is 0 Å². The van der Waals surface area contributed by atoms with E-state index in [1.807, 2.05) is 0 Å². The van der Waals surface area contributed by atoms with E-state index in [2.05, 4.69) is 0 Å². The predicted octanol–water partition coefficient (Wildman–Crippen LogP) is 13.1. The molecule has 0 saturated heterocycles. The molecule has 3 fully saturated rings. The van der Waals surface area contributed by atoms with Crippen molar-refractivity contribution in [1.82, 2.24) is 0 Å². The molecule has 0 aliphatic heterocycles. The van der Waals surface area contributed by atoms with Crippen molar-refractivity contribution >= 4 is 17.9 Å². The Bertz CT molecular complexity index is 1580. The summed E-state index contributed by atoms with van der Waals surface area (Å²) in [5.74, 6) is -40.8. The van der Waals surface area contributed by atoms with Crippen LogP contribution in [0.3, 0.4) is 0 Å². The first-order valence-electron chi connectivity index (χ1n) is 20.5. The zero-order valence-electron chi connectivity index (χ0n) is 38.3. The summed E-state index contributed by atoms with van der Waals surface area (Å²) in [7, 11) is 0. The summed E-state index contributed by atoms with van der Waals surface area (Å²) < 4.78 is 225. The second-order valence-electron chi connectivity index (χ2n) is 20.3. The van der Waals surface area contributed by atoms with E-state index in [9.17, 15) is 80.2 Å². The van der Waals surface area contributed by atoms with Crippen molar-refractivity contribution in [2.45, 2.75) is 212 Å². The highest BCUT2D eigenvalue weighted by atomic mass is 19.3. The van der Waals surface area contributed by atoms with E-state index in [4.69, 9.17) is 14.2 Å². The van der Waals surface area contributed by atoms with Crippen molar-refractivity contribution in [3.63, 3.8) is 0 Å². The monoisotopic (exact) mass is 948 g/mol. The van der Waals surface area contributed by atoms with Gasteiger partial charge in [0.1, 0.15) is 34.6 Å². The van der Waals surface area contributed by atoms with Crippen LogP contribution in [-0.2, 0) is 28.6 Å². The molecule has 0 heterocycles. The molecule has 3 rings (SSSR count). The van der Waals surface area contributed by atoms with Crippen LogP contribution < -0.4 is 0 Å². The molecule has 9 atom stereocenters. The molecule has 0 aromatic carbocycles. The van der Waals surface area contributed by atoms with Gasteiger partial charge in [0.15, 0.2) is 0 Å². The minimum Gasteiger partial charge on any atom is -0.460 e. The van der Waals surface area contributed by atoms with Crippen LogP contribution in [0.15, 0.2) is 0 Å². The zero-order chi connectivity index (χ0) is 50.6. The fourth-order valence-corrected chi connectivity index (χ4v) is 8.01. The summed E-state index contributed by atoms with van der Waals surface area (Å²) in [4.78, 5) is 35.6. The number of esters is 3. The number of ether oxygens (including phenoxy) is 3. The number of carbonyl (C=O) groups excluding carboxylic acids is 3. The molecule has 0 radical (unpaired) electrons. The van der Waals surface area contributed by atoms with Gasteiger partial charge in [-0.25, -0.2) is 65.9 Å². The summed E-state index contributed by atoms with van der Waals surface area (Å²) in [5, 5.41) is 0. The van der Waals surface area contributed by atoms with Crippen molar-refractivity contribution in [2.24, 2.45) is 35.5 Å². The number of halogens is 15. The average molecular weight is 949 g/mol. The lowest BCUT2D eigenvalue weighted by Gasteiger charge is -2.48. The van der Waals surface area contributed by atoms with Crippen LogP contribution >= 0.6 is 0 Å². The molecule has 0 aromatic rings. The fraction of sp³-hybridized carbons (Fsp3) is 0.929. The van der Waals surface area contributed by atoms with E-state index in [-0.39, 0.29) is 40.0 Å².